The highest BCUT2D eigenvalue weighted by molar-refractivity contribution is 7.46. The summed E-state index contributed by atoms with van der Waals surface area (Å²) in [7, 11) is -4.58. The Morgan fingerprint density at radius 2 is 1.95 bits per heavy atom. The largest absolute Gasteiger partial charge is 0.524 e. The van der Waals surface area contributed by atoms with E-state index in [1.807, 2.05) is 0 Å². The van der Waals surface area contributed by atoms with Gasteiger partial charge in [-0.1, -0.05) is 25.3 Å². The summed E-state index contributed by atoms with van der Waals surface area (Å²) in [5.41, 5.74) is 6.76. The fourth-order valence-electron chi connectivity index (χ4n) is 2.36. The predicted octanol–water partition coefficient (Wildman–Crippen LogP) is 2.48. The van der Waals surface area contributed by atoms with Gasteiger partial charge >= 0.3 is 7.82 Å². The van der Waals surface area contributed by atoms with Gasteiger partial charge in [-0.05, 0) is 25.0 Å². The maximum atomic E-state index is 11.0. The number of nitrogens with one attached hydrogen (secondary N) is 1. The predicted molar refractivity (Wildman–Crippen MR) is 74.0 cm³/mol. The molecular formula is C12H19N2O4P. The van der Waals surface area contributed by atoms with Crippen molar-refractivity contribution in [3.05, 3.63) is 18.2 Å². The first kappa shape index (κ1) is 14.2. The smallest absolute Gasteiger partial charge is 0.402 e. The lowest BCUT2D eigenvalue weighted by atomic mass is 9.95. The molecule has 0 aromatic heterocycles. The third-order valence-electron chi connectivity index (χ3n) is 3.23. The van der Waals surface area contributed by atoms with E-state index in [1.54, 1.807) is 12.1 Å². The second-order valence-corrected chi connectivity index (χ2v) is 5.95. The van der Waals surface area contributed by atoms with Crippen LogP contribution >= 0.6 is 7.82 Å². The van der Waals surface area contributed by atoms with Gasteiger partial charge in [0.1, 0.15) is 5.69 Å². The maximum absolute atomic E-state index is 11.0. The van der Waals surface area contributed by atoms with Gasteiger partial charge in [0.15, 0.2) is 5.75 Å². The van der Waals surface area contributed by atoms with E-state index >= 15 is 0 Å². The van der Waals surface area contributed by atoms with Crippen LogP contribution in [0.3, 0.4) is 0 Å². The first-order valence-electron chi connectivity index (χ1n) is 6.36. The fourth-order valence-corrected chi connectivity index (χ4v) is 2.77. The second-order valence-electron chi connectivity index (χ2n) is 4.78. The van der Waals surface area contributed by atoms with Crippen molar-refractivity contribution in [2.45, 2.75) is 38.1 Å². The molecule has 6 nitrogen and oxygen atoms in total. The van der Waals surface area contributed by atoms with E-state index in [0.717, 1.165) is 25.7 Å². The molecule has 1 aromatic carbocycles. The Morgan fingerprint density at radius 3 is 2.58 bits per heavy atom. The van der Waals surface area contributed by atoms with Crippen LogP contribution < -0.4 is 15.6 Å². The molecule has 19 heavy (non-hydrogen) atoms. The first-order chi connectivity index (χ1) is 8.96. The van der Waals surface area contributed by atoms with Crippen molar-refractivity contribution in [2.24, 2.45) is 0 Å². The maximum Gasteiger partial charge on any atom is 0.524 e. The Morgan fingerprint density at radius 1 is 1.26 bits per heavy atom. The summed E-state index contributed by atoms with van der Waals surface area (Å²) in [4.78, 5) is 17.8. The van der Waals surface area contributed by atoms with Crippen LogP contribution in [-0.4, -0.2) is 15.8 Å². The van der Waals surface area contributed by atoms with Crippen LogP contribution in [0.4, 0.5) is 11.4 Å². The third-order valence-corrected chi connectivity index (χ3v) is 3.66. The zero-order chi connectivity index (χ0) is 13.9. The average Bonchev–Trinajstić information content (AvgIpc) is 2.33. The van der Waals surface area contributed by atoms with Gasteiger partial charge in [-0.25, -0.2) is 4.57 Å². The molecule has 0 amide bonds. The quantitative estimate of drug-likeness (QED) is 0.500. The zero-order valence-corrected chi connectivity index (χ0v) is 11.5. The van der Waals surface area contributed by atoms with E-state index in [1.165, 1.54) is 12.5 Å². The minimum Gasteiger partial charge on any atom is -0.402 e. The summed E-state index contributed by atoms with van der Waals surface area (Å²) < 4.78 is 15.6. The Labute approximate surface area is 112 Å². The molecule has 0 unspecified atom stereocenters. The highest BCUT2D eigenvalue weighted by Crippen LogP contribution is 2.43. The van der Waals surface area contributed by atoms with Crippen molar-refractivity contribution in [2.75, 3.05) is 11.1 Å². The molecule has 1 fully saturated rings. The van der Waals surface area contributed by atoms with Gasteiger partial charge in [0.05, 0.1) is 5.69 Å². The van der Waals surface area contributed by atoms with Crippen molar-refractivity contribution < 1.29 is 18.9 Å². The van der Waals surface area contributed by atoms with Crippen LogP contribution in [0.5, 0.6) is 5.75 Å². The van der Waals surface area contributed by atoms with E-state index in [2.05, 4.69) is 9.84 Å². The highest BCUT2D eigenvalue weighted by atomic mass is 31.2. The third kappa shape index (κ3) is 4.13. The normalized spacial score (nSPS) is 17.2. The molecule has 106 valence electrons. The van der Waals surface area contributed by atoms with E-state index in [-0.39, 0.29) is 11.8 Å². The lowest BCUT2D eigenvalue weighted by Crippen LogP contribution is -2.23. The van der Waals surface area contributed by atoms with Gasteiger partial charge in [0, 0.05) is 6.04 Å². The van der Waals surface area contributed by atoms with Crippen LogP contribution in [0.15, 0.2) is 18.2 Å². The minimum absolute atomic E-state index is 0.0962. The molecule has 7 heteroatoms. The summed E-state index contributed by atoms with van der Waals surface area (Å²) >= 11 is 0. The lowest BCUT2D eigenvalue weighted by Gasteiger charge is -2.25. The number of phosphoric ester groups is 1. The Bertz CT molecular complexity index is 483. The summed E-state index contributed by atoms with van der Waals surface area (Å²) in [6, 6.07) is 5.06. The first-order valence-corrected chi connectivity index (χ1v) is 7.89. The standard InChI is InChI=1S/C12H19N2O4P/c13-10-7-4-8-11(18-19(15,16)17)12(10)14-9-5-2-1-3-6-9/h4,7-9,14H,1-3,5-6,13H2,(H2,15,16,17). The second kappa shape index (κ2) is 5.82. The average molecular weight is 286 g/mol. The number of hydrogen-bond donors (Lipinski definition) is 4. The summed E-state index contributed by atoms with van der Waals surface area (Å²) in [5, 5.41) is 3.25. The molecule has 0 bridgehead atoms. The molecule has 1 saturated carbocycles. The number of phosphoric acid groups is 1. The number of anilines is 2. The minimum atomic E-state index is -4.58. The van der Waals surface area contributed by atoms with Crippen molar-refractivity contribution in [3.8, 4) is 5.75 Å². The molecule has 0 saturated heterocycles. The number of nitrogens with two attached hydrogens (primary N) is 1. The van der Waals surface area contributed by atoms with Crippen LogP contribution in [0, 0.1) is 0 Å². The SMILES string of the molecule is Nc1cccc(OP(=O)(O)O)c1NC1CCCCC1. The Hall–Kier alpha value is -1.23. The fraction of sp³-hybridized carbons (Fsp3) is 0.500. The molecule has 0 spiro atoms. The Kier molecular flexibility index (Phi) is 4.34. The van der Waals surface area contributed by atoms with Crippen molar-refractivity contribution in [3.63, 3.8) is 0 Å². The molecular weight excluding hydrogens is 267 g/mol. The van der Waals surface area contributed by atoms with Gasteiger partial charge in [0.2, 0.25) is 0 Å². The summed E-state index contributed by atoms with van der Waals surface area (Å²) in [6.07, 6.45) is 5.60. The van der Waals surface area contributed by atoms with Crippen LogP contribution in [0.2, 0.25) is 0 Å². The summed E-state index contributed by atoms with van der Waals surface area (Å²) in [5.74, 6) is 0.0962. The zero-order valence-electron chi connectivity index (χ0n) is 10.6. The van der Waals surface area contributed by atoms with E-state index in [0.29, 0.717) is 11.4 Å². The summed E-state index contributed by atoms with van der Waals surface area (Å²) in [6.45, 7) is 0. The molecule has 2 rings (SSSR count). The Balaban J connectivity index is 2.19. The van der Waals surface area contributed by atoms with Crippen molar-refractivity contribution in [1.82, 2.24) is 0 Å². The number of rotatable bonds is 4. The van der Waals surface area contributed by atoms with E-state index in [4.69, 9.17) is 15.5 Å². The van der Waals surface area contributed by atoms with Crippen LogP contribution in [0.1, 0.15) is 32.1 Å². The number of benzene rings is 1. The highest BCUT2D eigenvalue weighted by Gasteiger charge is 2.21. The van der Waals surface area contributed by atoms with E-state index in [9.17, 15) is 4.57 Å². The van der Waals surface area contributed by atoms with Gasteiger partial charge < -0.3 is 15.6 Å². The monoisotopic (exact) mass is 286 g/mol. The van der Waals surface area contributed by atoms with Crippen molar-refractivity contribution in [1.29, 1.82) is 0 Å². The number of nitrogen functional groups attached to an aromatic ring is 1. The van der Waals surface area contributed by atoms with Crippen LogP contribution in [-0.2, 0) is 4.57 Å². The van der Waals surface area contributed by atoms with E-state index < -0.39 is 7.82 Å². The lowest BCUT2D eigenvalue weighted by molar-refractivity contribution is 0.283. The number of para-hydroxylation sites is 1. The van der Waals surface area contributed by atoms with Gasteiger partial charge in [-0.3, -0.25) is 9.79 Å². The number of hydrogen-bond acceptors (Lipinski definition) is 4. The molecule has 1 aromatic rings. The molecule has 1 aliphatic rings. The van der Waals surface area contributed by atoms with Crippen LogP contribution in [0.25, 0.3) is 0 Å². The van der Waals surface area contributed by atoms with Gasteiger partial charge in [-0.2, -0.15) is 0 Å². The molecule has 0 radical (unpaired) electrons. The molecule has 0 aliphatic heterocycles. The topological polar surface area (TPSA) is 105 Å². The molecule has 0 heterocycles. The molecule has 0 atom stereocenters. The van der Waals surface area contributed by atoms with Crippen molar-refractivity contribution >= 4 is 19.2 Å². The molecule has 1 aliphatic carbocycles. The molecule has 5 N–H and O–H groups in total. The van der Waals surface area contributed by atoms with Gasteiger partial charge in [-0.15, -0.1) is 0 Å². The van der Waals surface area contributed by atoms with Gasteiger partial charge in [0.25, 0.3) is 0 Å².